The Morgan fingerprint density at radius 3 is 1.38 bits per heavy atom. The fourth-order valence-electron chi connectivity index (χ4n) is 3.31. The van der Waals surface area contributed by atoms with Gasteiger partial charge in [-0.05, 0) is 25.7 Å². The topological polar surface area (TPSA) is 145 Å². The molecule has 0 saturated heterocycles. The molecule has 0 rings (SSSR count). The number of carbonyl (C=O) groups excluding carboxylic acids is 2. The fourth-order valence-corrected chi connectivity index (χ4v) is 3.31. The van der Waals surface area contributed by atoms with Gasteiger partial charge in [0.25, 0.3) is 0 Å². The van der Waals surface area contributed by atoms with Gasteiger partial charge in [0.05, 0.1) is 0 Å². The second-order valence-electron chi connectivity index (χ2n) is 8.01. The lowest BCUT2D eigenvalue weighted by Gasteiger charge is -2.15. The van der Waals surface area contributed by atoms with Crippen LogP contribution in [0.15, 0.2) is 0 Å². The first-order chi connectivity index (χ1) is 13.4. The summed E-state index contributed by atoms with van der Waals surface area (Å²) < 4.78 is 0. The first kappa shape index (κ1) is 29.6. The molecule has 0 radical (unpaired) electrons. The number of unbranched alkanes of at least 4 members (excludes halogenated alkanes) is 12. The molecular weight excluding hydrogens is 368 g/mol. The van der Waals surface area contributed by atoms with E-state index in [1.165, 1.54) is 51.4 Å². The number of amides is 1. The minimum atomic E-state index is -0.184. The van der Waals surface area contributed by atoms with Gasteiger partial charge in [0.2, 0.25) is 5.91 Å². The van der Waals surface area contributed by atoms with Crippen LogP contribution in [0.1, 0.15) is 109 Å². The van der Waals surface area contributed by atoms with E-state index in [9.17, 15) is 9.59 Å². The van der Waals surface area contributed by atoms with Crippen LogP contribution in [-0.2, 0) is 9.59 Å². The zero-order valence-corrected chi connectivity index (χ0v) is 18.6. The molecule has 0 atom stereocenters. The van der Waals surface area contributed by atoms with Crippen molar-refractivity contribution in [2.75, 3.05) is 13.6 Å². The third-order valence-electron chi connectivity index (χ3n) is 5.24. The van der Waals surface area contributed by atoms with Gasteiger partial charge in [-0.3, -0.25) is 15.0 Å². The van der Waals surface area contributed by atoms with Crippen LogP contribution in [0.4, 0.5) is 0 Å². The molecule has 0 aliphatic rings. The van der Waals surface area contributed by atoms with Crippen LogP contribution in [0.5, 0.6) is 0 Å². The highest BCUT2D eigenvalue weighted by Crippen LogP contribution is 2.13. The van der Waals surface area contributed by atoms with Crippen LogP contribution in [0.3, 0.4) is 0 Å². The molecule has 0 fully saturated rings. The Hall–Kier alpha value is -1.63. The average molecular weight is 415 g/mol. The van der Waals surface area contributed by atoms with Crippen molar-refractivity contribution in [3.8, 4) is 0 Å². The second kappa shape index (κ2) is 21.1. The second-order valence-corrected chi connectivity index (χ2v) is 8.01. The molecule has 172 valence electrons. The number of nitrogens with zero attached hydrogens (tertiary/aromatic N) is 1. The Morgan fingerprint density at radius 1 is 0.655 bits per heavy atom. The average Bonchev–Trinajstić information content (AvgIpc) is 2.64. The van der Waals surface area contributed by atoms with Gasteiger partial charge in [-0.1, -0.05) is 64.2 Å². The van der Waals surface area contributed by atoms with Crippen LogP contribution in [-0.4, -0.2) is 41.6 Å². The molecule has 0 aromatic carbocycles. The highest BCUT2D eigenvalue weighted by molar-refractivity contribution is 5.78. The van der Waals surface area contributed by atoms with E-state index in [-0.39, 0.29) is 17.3 Å². The summed E-state index contributed by atoms with van der Waals surface area (Å²) in [6.07, 6.45) is 18.0. The van der Waals surface area contributed by atoms with Gasteiger partial charge in [-0.2, -0.15) is 0 Å². The van der Waals surface area contributed by atoms with Crippen molar-refractivity contribution in [2.24, 2.45) is 11.5 Å². The summed E-state index contributed by atoms with van der Waals surface area (Å²) in [6, 6.07) is 0. The molecule has 7 N–H and O–H groups in total. The minimum absolute atomic E-state index is 0. The van der Waals surface area contributed by atoms with Gasteiger partial charge >= 0.3 is 0 Å². The summed E-state index contributed by atoms with van der Waals surface area (Å²) >= 11 is 0. The maximum atomic E-state index is 11.9. The van der Waals surface area contributed by atoms with Gasteiger partial charge in [0.1, 0.15) is 5.78 Å². The number of ketones is 1. The van der Waals surface area contributed by atoms with Crippen molar-refractivity contribution in [3.63, 3.8) is 0 Å². The number of hydrogen-bond acceptors (Lipinski definition) is 3. The van der Waals surface area contributed by atoms with Gasteiger partial charge in [-0.25, -0.2) is 0 Å². The van der Waals surface area contributed by atoms with E-state index in [0.717, 1.165) is 51.5 Å². The molecule has 29 heavy (non-hydrogen) atoms. The lowest BCUT2D eigenvalue weighted by atomic mass is 10.0. The Morgan fingerprint density at radius 2 is 1.00 bits per heavy atom. The molecule has 0 aliphatic carbocycles. The molecule has 7 nitrogen and oxygen atoms in total. The maximum Gasteiger partial charge on any atom is 0.217 e. The van der Waals surface area contributed by atoms with Crippen molar-refractivity contribution >= 4 is 17.6 Å². The Bertz CT molecular complexity index is 430. The summed E-state index contributed by atoms with van der Waals surface area (Å²) in [5.41, 5.74) is 10.5. The van der Waals surface area contributed by atoms with Crippen LogP contribution in [0.25, 0.3) is 0 Å². The Balaban J connectivity index is 0. The molecule has 0 aromatic rings. The zero-order chi connectivity index (χ0) is 21.0. The summed E-state index contributed by atoms with van der Waals surface area (Å²) in [5.74, 6) is 0.320. The Kier molecular flexibility index (Phi) is 21.5. The fraction of sp³-hybridized carbons (Fsp3) is 0.864. The van der Waals surface area contributed by atoms with Crippen LogP contribution < -0.4 is 11.5 Å². The van der Waals surface area contributed by atoms with E-state index in [2.05, 4.69) is 0 Å². The van der Waals surface area contributed by atoms with E-state index in [0.29, 0.717) is 18.6 Å². The van der Waals surface area contributed by atoms with E-state index in [1.54, 1.807) is 4.90 Å². The Labute approximate surface area is 177 Å². The van der Waals surface area contributed by atoms with Crippen LogP contribution in [0, 0.1) is 5.41 Å². The molecule has 0 bridgehead atoms. The zero-order valence-electron chi connectivity index (χ0n) is 18.6. The molecular formula is C22H46N4O3. The summed E-state index contributed by atoms with van der Waals surface area (Å²) in [7, 11) is 1.82. The number of nitrogens with one attached hydrogen (secondary N) is 1. The van der Waals surface area contributed by atoms with Gasteiger partial charge < -0.3 is 21.8 Å². The SMILES string of the molecule is CN(CCCCCC(=O)CCCCCCCCCCCCCC(N)=O)C(=N)N.O. The number of primary amides is 1. The van der Waals surface area contributed by atoms with Crippen LogP contribution >= 0.6 is 0 Å². The van der Waals surface area contributed by atoms with Crippen LogP contribution in [0.2, 0.25) is 0 Å². The molecule has 0 heterocycles. The van der Waals surface area contributed by atoms with E-state index in [1.807, 2.05) is 7.05 Å². The number of guanidine groups is 1. The van der Waals surface area contributed by atoms with E-state index < -0.39 is 0 Å². The molecule has 7 heteroatoms. The molecule has 0 unspecified atom stereocenters. The number of hydrogen-bond donors (Lipinski definition) is 3. The largest absolute Gasteiger partial charge is 0.412 e. The summed E-state index contributed by atoms with van der Waals surface area (Å²) in [4.78, 5) is 24.2. The molecule has 0 aliphatic heterocycles. The molecule has 0 saturated carbocycles. The van der Waals surface area contributed by atoms with Gasteiger partial charge in [0.15, 0.2) is 5.96 Å². The van der Waals surface area contributed by atoms with Gasteiger partial charge in [-0.15, -0.1) is 0 Å². The minimum Gasteiger partial charge on any atom is -0.412 e. The maximum absolute atomic E-state index is 11.9. The predicted octanol–water partition coefficient (Wildman–Crippen LogP) is 3.67. The quantitative estimate of drug-likeness (QED) is 0.158. The summed E-state index contributed by atoms with van der Waals surface area (Å²) in [6.45, 7) is 0.790. The van der Waals surface area contributed by atoms with Crippen molar-refractivity contribution in [1.82, 2.24) is 4.90 Å². The lowest BCUT2D eigenvalue weighted by molar-refractivity contribution is -0.119. The number of nitrogens with two attached hydrogens (primary N) is 2. The lowest BCUT2D eigenvalue weighted by Crippen LogP contribution is -2.33. The number of carbonyl (C=O) groups is 2. The standard InChI is InChI=1S/C22H44N4O2.H2O/c1-26(22(24)25)19-15-11-13-17-20(27)16-12-9-7-5-3-2-4-6-8-10-14-18-21(23)28;/h2-19H2,1H3,(H2,23,28)(H3,24,25);1H2. The van der Waals surface area contributed by atoms with Gasteiger partial charge in [0, 0.05) is 32.9 Å². The normalized spacial score (nSPS) is 10.4. The third-order valence-corrected chi connectivity index (χ3v) is 5.24. The third kappa shape index (κ3) is 22.5. The monoisotopic (exact) mass is 414 g/mol. The molecule has 1 amide bonds. The van der Waals surface area contributed by atoms with E-state index in [4.69, 9.17) is 16.9 Å². The highest BCUT2D eigenvalue weighted by atomic mass is 16.1. The van der Waals surface area contributed by atoms with Crippen molar-refractivity contribution in [2.45, 2.75) is 109 Å². The number of rotatable bonds is 20. The number of Topliss-reactive ketones (excluding diaryl/α,β-unsaturated/α-hetero) is 1. The van der Waals surface area contributed by atoms with Crippen molar-refractivity contribution < 1.29 is 15.1 Å². The van der Waals surface area contributed by atoms with Crippen molar-refractivity contribution in [3.05, 3.63) is 0 Å². The van der Waals surface area contributed by atoms with E-state index >= 15 is 0 Å². The first-order valence-electron chi connectivity index (χ1n) is 11.3. The molecule has 0 aromatic heterocycles. The van der Waals surface area contributed by atoms with Crippen molar-refractivity contribution in [1.29, 1.82) is 5.41 Å². The smallest absolute Gasteiger partial charge is 0.217 e. The predicted molar refractivity (Wildman–Crippen MR) is 121 cm³/mol. The first-order valence-corrected chi connectivity index (χ1v) is 11.3. The summed E-state index contributed by atoms with van der Waals surface area (Å²) in [5, 5.41) is 7.29. The molecule has 0 spiro atoms. The highest BCUT2D eigenvalue weighted by Gasteiger charge is 2.03.